The molecule has 1 aromatic heterocycles. The fourth-order valence-corrected chi connectivity index (χ4v) is 3.86. The van der Waals surface area contributed by atoms with Crippen molar-refractivity contribution in [1.82, 2.24) is 14.9 Å². The maximum Gasteiger partial charge on any atom is 0.244 e. The number of amides is 1. The first-order valence-electron chi connectivity index (χ1n) is 7.49. The lowest BCUT2D eigenvalue weighted by Gasteiger charge is -2.22. The molecule has 2 aromatic rings. The molecule has 0 atom stereocenters. The van der Waals surface area contributed by atoms with Crippen LogP contribution in [0.2, 0.25) is 0 Å². The number of sulfonamides is 1. The van der Waals surface area contributed by atoms with Crippen molar-refractivity contribution in [3.8, 4) is 0 Å². The summed E-state index contributed by atoms with van der Waals surface area (Å²) >= 11 is 0. The maximum atomic E-state index is 13.9. The summed E-state index contributed by atoms with van der Waals surface area (Å²) in [5.41, 5.74) is 0.126. The van der Waals surface area contributed by atoms with Crippen LogP contribution in [0.5, 0.6) is 0 Å². The lowest BCUT2D eigenvalue weighted by molar-refractivity contribution is -0.116. The summed E-state index contributed by atoms with van der Waals surface area (Å²) in [5.74, 6) is -5.28. The Kier molecular flexibility index (Phi) is 5.71. The highest BCUT2D eigenvalue weighted by Crippen LogP contribution is 2.23. The third-order valence-corrected chi connectivity index (χ3v) is 5.37. The fraction of sp³-hybridized carbons (Fsp3) is 0.333. The number of rotatable bonds is 6. The van der Waals surface area contributed by atoms with E-state index in [4.69, 9.17) is 0 Å². The van der Waals surface area contributed by atoms with E-state index in [1.54, 1.807) is 0 Å². The topological polar surface area (TPSA) is 95.2 Å². The number of halogens is 3. The zero-order valence-corrected chi connectivity index (χ0v) is 15.0. The van der Waals surface area contributed by atoms with Crippen LogP contribution in [0.4, 0.5) is 18.9 Å². The van der Waals surface area contributed by atoms with Gasteiger partial charge in [0.1, 0.15) is 4.90 Å². The van der Waals surface area contributed by atoms with Gasteiger partial charge < -0.3 is 4.90 Å². The standard InChI is InChI=1S/C15H17F3N4O3S/c1-8-15(9(2)21-20-8)26(24,25)19-6-7-22(10(3)23)12-5-4-11(16)13(17)14(12)18/h4-5,19H,6-7H2,1-3H3,(H,20,21). The van der Waals surface area contributed by atoms with Crippen LogP contribution in [0.25, 0.3) is 0 Å². The van der Waals surface area contributed by atoms with E-state index in [1.807, 2.05) is 0 Å². The predicted octanol–water partition coefficient (Wildman–Crippen LogP) is 1.78. The third kappa shape index (κ3) is 3.88. The molecule has 1 aromatic carbocycles. The molecule has 0 aliphatic carbocycles. The van der Waals surface area contributed by atoms with Gasteiger partial charge in [-0.1, -0.05) is 0 Å². The van der Waals surface area contributed by atoms with Gasteiger partial charge in [-0.2, -0.15) is 5.10 Å². The van der Waals surface area contributed by atoms with E-state index >= 15 is 0 Å². The van der Waals surface area contributed by atoms with Crippen LogP contribution in [-0.4, -0.2) is 37.6 Å². The van der Waals surface area contributed by atoms with Crippen LogP contribution < -0.4 is 9.62 Å². The zero-order valence-electron chi connectivity index (χ0n) is 14.2. The summed E-state index contributed by atoms with van der Waals surface area (Å²) < 4.78 is 67.3. The number of carbonyl (C=O) groups excluding carboxylic acids is 1. The summed E-state index contributed by atoms with van der Waals surface area (Å²) in [6.45, 7) is 3.58. The van der Waals surface area contributed by atoms with E-state index in [0.29, 0.717) is 11.8 Å². The van der Waals surface area contributed by atoms with Gasteiger partial charge >= 0.3 is 0 Å². The van der Waals surface area contributed by atoms with E-state index in [9.17, 15) is 26.4 Å². The van der Waals surface area contributed by atoms with Gasteiger partial charge in [0, 0.05) is 20.0 Å². The van der Waals surface area contributed by atoms with Gasteiger partial charge in [0.2, 0.25) is 15.9 Å². The second-order valence-electron chi connectivity index (χ2n) is 5.53. The minimum Gasteiger partial charge on any atom is -0.308 e. The molecule has 0 unspecified atom stereocenters. The van der Waals surface area contributed by atoms with Crippen LogP contribution in [-0.2, 0) is 14.8 Å². The Morgan fingerprint density at radius 3 is 2.42 bits per heavy atom. The number of anilines is 1. The number of aromatic nitrogens is 2. The lowest BCUT2D eigenvalue weighted by atomic mass is 10.2. The first kappa shape index (κ1) is 19.9. The number of nitrogens with zero attached hydrogens (tertiary/aromatic N) is 2. The second-order valence-corrected chi connectivity index (χ2v) is 7.23. The van der Waals surface area contributed by atoms with Crippen molar-refractivity contribution in [2.45, 2.75) is 25.7 Å². The molecule has 0 saturated carbocycles. The van der Waals surface area contributed by atoms with Gasteiger partial charge in [-0.05, 0) is 26.0 Å². The van der Waals surface area contributed by atoms with Crippen LogP contribution in [0.15, 0.2) is 17.0 Å². The summed E-state index contributed by atoms with van der Waals surface area (Å²) in [4.78, 5) is 12.5. The molecule has 0 saturated heterocycles. The molecule has 142 valence electrons. The second kappa shape index (κ2) is 7.46. The minimum atomic E-state index is -3.92. The maximum absolute atomic E-state index is 13.9. The summed E-state index contributed by atoms with van der Waals surface area (Å²) in [6, 6.07) is 1.60. The highest BCUT2D eigenvalue weighted by molar-refractivity contribution is 7.89. The molecule has 11 heteroatoms. The monoisotopic (exact) mass is 390 g/mol. The van der Waals surface area contributed by atoms with Gasteiger partial charge in [0.15, 0.2) is 17.5 Å². The van der Waals surface area contributed by atoms with Crippen molar-refractivity contribution >= 4 is 21.6 Å². The van der Waals surface area contributed by atoms with E-state index in [-0.39, 0.29) is 23.7 Å². The SMILES string of the molecule is CC(=O)N(CCNS(=O)(=O)c1c(C)n[nH]c1C)c1ccc(F)c(F)c1F. The number of benzene rings is 1. The number of carbonyl (C=O) groups is 1. The molecule has 1 amide bonds. The molecule has 7 nitrogen and oxygen atoms in total. The van der Waals surface area contributed by atoms with Crippen molar-refractivity contribution in [1.29, 1.82) is 0 Å². The Morgan fingerprint density at radius 1 is 1.23 bits per heavy atom. The van der Waals surface area contributed by atoms with Gasteiger partial charge in [-0.3, -0.25) is 9.89 Å². The molecule has 0 bridgehead atoms. The molecule has 0 fully saturated rings. The Hall–Kier alpha value is -2.40. The summed E-state index contributed by atoms with van der Waals surface area (Å²) in [5, 5.41) is 6.34. The molecule has 2 N–H and O–H groups in total. The zero-order chi connectivity index (χ0) is 19.6. The van der Waals surface area contributed by atoms with Crippen LogP contribution >= 0.6 is 0 Å². The molecule has 0 radical (unpaired) electrons. The normalized spacial score (nSPS) is 11.6. The van der Waals surface area contributed by atoms with Crippen LogP contribution in [0.3, 0.4) is 0 Å². The quantitative estimate of drug-likeness (QED) is 0.735. The summed E-state index contributed by atoms with van der Waals surface area (Å²) in [6.07, 6.45) is 0. The van der Waals surface area contributed by atoms with Crippen molar-refractivity contribution in [3.05, 3.63) is 41.0 Å². The fourth-order valence-electron chi connectivity index (χ4n) is 2.47. The van der Waals surface area contributed by atoms with E-state index in [1.165, 1.54) is 13.8 Å². The number of aromatic amines is 1. The molecule has 0 spiro atoms. The Bertz CT molecular complexity index is 924. The predicted molar refractivity (Wildman–Crippen MR) is 87.6 cm³/mol. The number of H-pyrrole nitrogens is 1. The van der Waals surface area contributed by atoms with Crippen LogP contribution in [0, 0.1) is 31.3 Å². The Morgan fingerprint density at radius 2 is 1.88 bits per heavy atom. The lowest BCUT2D eigenvalue weighted by Crippen LogP contribution is -2.38. The van der Waals surface area contributed by atoms with Gasteiger partial charge in [0.25, 0.3) is 0 Å². The molecular weight excluding hydrogens is 373 g/mol. The van der Waals surface area contributed by atoms with Crippen molar-refractivity contribution < 1.29 is 26.4 Å². The number of nitrogens with one attached hydrogen (secondary N) is 2. The van der Waals surface area contributed by atoms with Gasteiger partial charge in [-0.15, -0.1) is 0 Å². The number of hydrogen-bond donors (Lipinski definition) is 2. The van der Waals surface area contributed by atoms with Crippen molar-refractivity contribution in [3.63, 3.8) is 0 Å². The minimum absolute atomic E-state index is 0.0223. The highest BCUT2D eigenvalue weighted by Gasteiger charge is 2.24. The van der Waals surface area contributed by atoms with Crippen LogP contribution in [0.1, 0.15) is 18.3 Å². The van der Waals surface area contributed by atoms with E-state index in [2.05, 4.69) is 14.9 Å². The van der Waals surface area contributed by atoms with E-state index < -0.39 is 39.1 Å². The summed E-state index contributed by atoms with van der Waals surface area (Å²) in [7, 11) is -3.92. The average Bonchev–Trinajstić information content (AvgIpc) is 2.89. The molecule has 0 aliphatic rings. The number of hydrogen-bond acceptors (Lipinski definition) is 4. The molecule has 1 heterocycles. The first-order chi connectivity index (χ1) is 12.1. The van der Waals surface area contributed by atoms with Crippen molar-refractivity contribution in [2.24, 2.45) is 0 Å². The first-order valence-corrected chi connectivity index (χ1v) is 8.97. The Labute approximate surface area is 148 Å². The van der Waals surface area contributed by atoms with Crippen molar-refractivity contribution in [2.75, 3.05) is 18.0 Å². The van der Waals surface area contributed by atoms with E-state index in [0.717, 1.165) is 17.9 Å². The molecule has 0 aliphatic heterocycles. The molecule has 2 rings (SSSR count). The van der Waals surface area contributed by atoms with Gasteiger partial charge in [-0.25, -0.2) is 26.3 Å². The van der Waals surface area contributed by atoms with Gasteiger partial charge in [0.05, 0.1) is 17.1 Å². The largest absolute Gasteiger partial charge is 0.308 e. The highest BCUT2D eigenvalue weighted by atomic mass is 32.2. The third-order valence-electron chi connectivity index (χ3n) is 3.64. The molecular formula is C15H17F3N4O3S. The smallest absolute Gasteiger partial charge is 0.244 e. The Balaban J connectivity index is 2.18. The molecule has 26 heavy (non-hydrogen) atoms. The average molecular weight is 390 g/mol. The number of aryl methyl sites for hydroxylation is 2.